The molecule has 2 aromatic heterocycles. The number of carboxylic acid groups (broad SMARTS) is 2. The van der Waals surface area contributed by atoms with Crippen molar-refractivity contribution in [3.05, 3.63) is 88.7 Å². The Morgan fingerprint density at radius 3 is 1.74 bits per heavy atom. The number of aliphatic carboxylic acids is 2. The predicted octanol–water partition coefficient (Wildman–Crippen LogP) is 0.801. The number of rotatable bonds is 12. The second-order valence-corrected chi connectivity index (χ2v) is 17.5. The average molecular weight is 928 g/mol. The maximum Gasteiger partial charge on any atom is 0.305 e. The van der Waals surface area contributed by atoms with Crippen LogP contribution < -0.4 is 36.8 Å². The van der Waals surface area contributed by atoms with Gasteiger partial charge in [-0.2, -0.15) is 0 Å². The van der Waals surface area contributed by atoms with Crippen molar-refractivity contribution in [2.75, 3.05) is 31.1 Å². The number of nitrogens with one attached hydrogen (secondary N) is 7. The van der Waals surface area contributed by atoms with Crippen molar-refractivity contribution in [3.8, 4) is 0 Å². The number of amides is 7. The van der Waals surface area contributed by atoms with Crippen molar-refractivity contribution in [2.45, 2.75) is 82.2 Å². The number of fused-ring (bicyclic) bond motifs is 1. The average Bonchev–Trinajstić information content (AvgIpc) is 3.97. The van der Waals surface area contributed by atoms with E-state index >= 15 is 0 Å². The summed E-state index contributed by atoms with van der Waals surface area (Å²) in [6.07, 6.45) is -1.20. The highest BCUT2D eigenvalue weighted by Crippen LogP contribution is 2.23. The van der Waals surface area contributed by atoms with Crippen LogP contribution >= 0.6 is 11.3 Å². The monoisotopic (exact) mass is 927 g/mol. The van der Waals surface area contributed by atoms with E-state index in [0.717, 1.165) is 22.5 Å². The zero-order valence-corrected chi connectivity index (χ0v) is 37.1. The van der Waals surface area contributed by atoms with Crippen LogP contribution in [0.4, 0.5) is 5.69 Å². The molecule has 6 atom stereocenters. The van der Waals surface area contributed by atoms with Gasteiger partial charge in [0.1, 0.15) is 36.3 Å². The van der Waals surface area contributed by atoms with Crippen LogP contribution in [0, 0.1) is 5.92 Å². The van der Waals surface area contributed by atoms with Crippen LogP contribution in [0.15, 0.2) is 78.3 Å². The molecule has 9 N–H and O–H groups in total. The number of H-pyrrole nitrogens is 1. The first kappa shape index (κ1) is 48.2. The molecule has 21 heteroatoms. The minimum Gasteiger partial charge on any atom is -0.481 e. The van der Waals surface area contributed by atoms with Crippen molar-refractivity contribution in [1.29, 1.82) is 0 Å². The molecule has 350 valence electrons. The van der Waals surface area contributed by atoms with E-state index in [1.807, 2.05) is 30.3 Å². The number of aromatic amines is 1. The van der Waals surface area contributed by atoms with Crippen LogP contribution in [-0.4, -0.2) is 130 Å². The van der Waals surface area contributed by atoms with Crippen LogP contribution in [-0.2, 0) is 49.6 Å². The third kappa shape index (κ3) is 12.7. The number of carbonyl (C=O) groups is 9. The molecule has 20 nitrogen and oxygen atoms in total. The first-order chi connectivity index (χ1) is 31.6. The predicted molar refractivity (Wildman–Crippen MR) is 241 cm³/mol. The second-order valence-electron chi connectivity index (χ2n) is 16.6. The van der Waals surface area contributed by atoms with Gasteiger partial charge in [-0.05, 0) is 47.5 Å². The highest BCUT2D eigenvalue weighted by molar-refractivity contribution is 7.10. The summed E-state index contributed by atoms with van der Waals surface area (Å²) in [5.74, 6) is -10.0. The smallest absolute Gasteiger partial charge is 0.305 e. The lowest BCUT2D eigenvalue weighted by atomic mass is 10.00. The van der Waals surface area contributed by atoms with Crippen LogP contribution in [0.2, 0.25) is 0 Å². The number of piperazine rings is 1. The van der Waals surface area contributed by atoms with Crippen LogP contribution in [0.5, 0.6) is 0 Å². The van der Waals surface area contributed by atoms with Gasteiger partial charge in [0.2, 0.25) is 41.4 Å². The van der Waals surface area contributed by atoms with Gasteiger partial charge in [-0.25, -0.2) is 0 Å². The van der Waals surface area contributed by atoms with E-state index in [-0.39, 0.29) is 31.8 Å². The molecule has 2 fully saturated rings. The van der Waals surface area contributed by atoms with Crippen molar-refractivity contribution >= 4 is 81.2 Å². The lowest BCUT2D eigenvalue weighted by molar-refractivity contribution is -0.143. The summed E-state index contributed by atoms with van der Waals surface area (Å²) in [6, 6.07) is 9.94. The molecule has 0 bridgehead atoms. The highest BCUT2D eigenvalue weighted by Gasteiger charge is 2.38. The Hall–Kier alpha value is -7.29. The highest BCUT2D eigenvalue weighted by atomic mass is 32.1. The molecule has 0 saturated carbocycles. The van der Waals surface area contributed by atoms with Gasteiger partial charge < -0.3 is 56.9 Å². The maximum absolute atomic E-state index is 14.4. The van der Waals surface area contributed by atoms with Crippen LogP contribution in [0.3, 0.4) is 0 Å². The second kappa shape index (κ2) is 22.1. The third-order valence-electron chi connectivity index (χ3n) is 11.2. The molecule has 2 aliphatic heterocycles. The molecule has 0 unspecified atom stereocenters. The van der Waals surface area contributed by atoms with Gasteiger partial charge in [0.15, 0.2) is 0 Å². The van der Waals surface area contributed by atoms with E-state index in [2.05, 4.69) is 41.8 Å². The molecule has 4 heterocycles. The molecule has 2 aromatic carbocycles. The Morgan fingerprint density at radius 1 is 0.621 bits per heavy atom. The minimum atomic E-state index is -1.88. The number of hydrogen-bond donors (Lipinski definition) is 9. The fraction of sp³-hybridized carbons (Fsp3) is 0.400. The van der Waals surface area contributed by atoms with Gasteiger partial charge >= 0.3 is 11.9 Å². The first-order valence-electron chi connectivity index (χ1n) is 21.5. The molecular formula is C45H53N9O11S. The summed E-state index contributed by atoms with van der Waals surface area (Å²) < 4.78 is 0. The summed E-state index contributed by atoms with van der Waals surface area (Å²) in [5.41, 5.74) is 2.23. The van der Waals surface area contributed by atoms with Gasteiger partial charge in [0.05, 0.1) is 19.3 Å². The van der Waals surface area contributed by atoms with Crippen molar-refractivity contribution in [2.24, 2.45) is 5.92 Å². The van der Waals surface area contributed by atoms with Gasteiger partial charge in [-0.15, -0.1) is 11.3 Å². The molecule has 2 saturated heterocycles. The minimum absolute atomic E-state index is 0.0503. The Bertz CT molecular complexity index is 2420. The fourth-order valence-corrected chi connectivity index (χ4v) is 8.65. The van der Waals surface area contributed by atoms with Gasteiger partial charge in [-0.1, -0.05) is 56.3 Å². The summed E-state index contributed by atoms with van der Waals surface area (Å²) in [6.45, 7) is 4.90. The summed E-state index contributed by atoms with van der Waals surface area (Å²) in [4.78, 5) is 130. The molecule has 0 radical (unpaired) electrons. The van der Waals surface area contributed by atoms with Crippen LogP contribution in [0.25, 0.3) is 10.9 Å². The quantitative estimate of drug-likeness (QED) is 0.0955. The molecular weight excluding hydrogens is 875 g/mol. The zero-order chi connectivity index (χ0) is 47.5. The van der Waals surface area contributed by atoms with Gasteiger partial charge in [0.25, 0.3) is 0 Å². The molecule has 2 aliphatic rings. The first-order valence-corrected chi connectivity index (χ1v) is 22.4. The largest absolute Gasteiger partial charge is 0.481 e. The van der Waals surface area contributed by atoms with E-state index < -0.39 is 109 Å². The van der Waals surface area contributed by atoms with Crippen LogP contribution in [0.1, 0.15) is 56.0 Å². The van der Waals surface area contributed by atoms with Crippen molar-refractivity contribution in [3.63, 3.8) is 0 Å². The van der Waals surface area contributed by atoms with E-state index in [9.17, 15) is 53.4 Å². The Morgan fingerprint density at radius 2 is 1.15 bits per heavy atom. The standard InChI is InChI=1S/C45H53N9O11S/c1-25(2)19-30-40(60)47-31(20-26-24-46-29-12-7-6-11-28(26)29)41(61)49-33(22-37(56)57)43(63)48-32(21-36(55)54-16-14-53(15-17-54)27-9-4-3-5-10-27)42(62)50-34(23-38(58)59)44(64)52-39(45(65)51-30)35-13-8-18-66-35/h3-13,18,24-25,30-34,39,46H,14-17,19-23H2,1-2H3,(H,47,60)(H,48,63)(H,49,61)(H,50,62)(H,51,65)(H,52,64)(H,56,57)(H,58,59)/t30-,31+,32-,33+,34-,39-/m0/s1. The number of hydrogen-bond acceptors (Lipinski definition) is 11. The number of aromatic nitrogens is 1. The topological polar surface area (TPSA) is 289 Å². The number of thiophene rings is 1. The van der Waals surface area contributed by atoms with E-state index in [1.54, 1.807) is 55.8 Å². The lowest BCUT2D eigenvalue weighted by Gasteiger charge is -2.36. The third-order valence-corrected chi connectivity index (χ3v) is 12.2. The number of benzene rings is 2. The van der Waals surface area contributed by atoms with E-state index in [4.69, 9.17) is 0 Å². The number of anilines is 1. The fourth-order valence-electron chi connectivity index (χ4n) is 7.87. The lowest BCUT2D eigenvalue weighted by Crippen LogP contribution is -2.61. The molecule has 6 rings (SSSR count). The van der Waals surface area contributed by atoms with Gasteiger partial charge in [0, 0.05) is 60.3 Å². The molecule has 0 aliphatic carbocycles. The number of para-hydroxylation sites is 2. The maximum atomic E-state index is 14.4. The number of nitrogens with zero attached hydrogens (tertiary/aromatic N) is 2. The molecule has 66 heavy (non-hydrogen) atoms. The molecule has 7 amide bonds. The summed E-state index contributed by atoms with van der Waals surface area (Å²) >= 11 is 1.08. The zero-order valence-electron chi connectivity index (χ0n) is 36.3. The van der Waals surface area contributed by atoms with Gasteiger partial charge in [-0.3, -0.25) is 43.2 Å². The van der Waals surface area contributed by atoms with E-state index in [1.165, 1.54) is 11.0 Å². The Labute approximate surface area is 383 Å². The normalized spacial score (nSPS) is 22.8. The van der Waals surface area contributed by atoms with Crippen molar-refractivity contribution in [1.82, 2.24) is 41.8 Å². The van der Waals surface area contributed by atoms with E-state index in [0.29, 0.717) is 28.9 Å². The SMILES string of the molecule is CC(C)C[C@@H]1NC(=O)[C@H](c2cccs2)NC(=O)[C@H](CC(=O)O)NC(=O)[C@H](CC(=O)N2CCN(c3ccccc3)CC2)NC(=O)[C@@H](CC(=O)O)NC(=O)[C@@H](Cc2c[nH]c3ccccc23)NC1=O. The summed E-state index contributed by atoms with van der Waals surface area (Å²) in [5, 5.41) is 37.1. The number of carboxylic acids is 2. The molecule has 0 spiro atoms. The van der Waals surface area contributed by atoms with Crippen molar-refractivity contribution < 1.29 is 53.4 Å². The summed E-state index contributed by atoms with van der Waals surface area (Å²) in [7, 11) is 0. The number of carbonyl (C=O) groups excluding carboxylic acids is 7. The Kier molecular flexibility index (Phi) is 16.1. The molecule has 4 aromatic rings. The Balaban J connectivity index is 1.36.